The molecule has 11 heteroatoms. The zero-order chi connectivity index (χ0) is 19.8. The second kappa shape index (κ2) is 15.3. The summed E-state index contributed by atoms with van der Waals surface area (Å²) in [4.78, 5) is 15.8. The molecule has 0 saturated heterocycles. The number of likely N-dealkylation sites (N-methyl/N-ethyl adjacent to an activating group) is 1. The zero-order valence-corrected chi connectivity index (χ0v) is 16.6. The lowest BCUT2D eigenvalue weighted by atomic mass is 10.3. The van der Waals surface area contributed by atoms with Crippen molar-refractivity contribution in [2.24, 2.45) is 11.5 Å². The summed E-state index contributed by atoms with van der Waals surface area (Å²) < 4.78 is 29.9. The smallest absolute Gasteiger partial charge is 0.264 e. The standard InChI is InChI=1S/C15H36N6O4S/c1-20(9-2-14-26(23,24)25)12-8-19-15(22)3-6-18-7-13-21(10-4-16)11-5-17/h18H,2-14,16-17H2,1H3,(H,19,22)(H,23,24,25). The van der Waals surface area contributed by atoms with E-state index in [0.717, 1.165) is 26.2 Å². The average molecular weight is 397 g/mol. The van der Waals surface area contributed by atoms with Gasteiger partial charge in [-0.2, -0.15) is 8.42 Å². The number of nitrogens with one attached hydrogen (secondary N) is 2. The first kappa shape index (κ1) is 25.2. The van der Waals surface area contributed by atoms with Crippen molar-refractivity contribution in [1.82, 2.24) is 20.4 Å². The third-order valence-corrected chi connectivity index (χ3v) is 4.59. The van der Waals surface area contributed by atoms with Crippen LogP contribution >= 0.6 is 0 Å². The van der Waals surface area contributed by atoms with Gasteiger partial charge in [0.05, 0.1) is 5.75 Å². The van der Waals surface area contributed by atoms with Crippen LogP contribution in [0.4, 0.5) is 0 Å². The van der Waals surface area contributed by atoms with Crippen molar-refractivity contribution in [3.05, 3.63) is 0 Å². The summed E-state index contributed by atoms with van der Waals surface area (Å²) in [5, 5.41) is 6.06. The Kier molecular flexibility index (Phi) is 14.8. The van der Waals surface area contributed by atoms with E-state index >= 15 is 0 Å². The van der Waals surface area contributed by atoms with E-state index in [1.165, 1.54) is 0 Å². The molecular formula is C15H36N6O4S. The van der Waals surface area contributed by atoms with Crippen LogP contribution in [0.2, 0.25) is 0 Å². The van der Waals surface area contributed by atoms with Gasteiger partial charge >= 0.3 is 0 Å². The maximum absolute atomic E-state index is 11.7. The molecule has 0 aliphatic heterocycles. The van der Waals surface area contributed by atoms with E-state index in [4.69, 9.17) is 16.0 Å². The van der Waals surface area contributed by atoms with Gasteiger partial charge < -0.3 is 27.0 Å². The molecule has 0 aliphatic carbocycles. The normalized spacial score (nSPS) is 12.1. The maximum Gasteiger partial charge on any atom is 0.264 e. The van der Waals surface area contributed by atoms with Crippen LogP contribution in [-0.2, 0) is 14.9 Å². The highest BCUT2D eigenvalue weighted by atomic mass is 32.2. The molecule has 1 amide bonds. The van der Waals surface area contributed by atoms with Gasteiger partial charge in [0.25, 0.3) is 10.1 Å². The molecule has 0 fully saturated rings. The van der Waals surface area contributed by atoms with Crippen LogP contribution in [0.1, 0.15) is 12.8 Å². The fourth-order valence-corrected chi connectivity index (χ4v) is 2.86. The first-order valence-corrected chi connectivity index (χ1v) is 10.6. The lowest BCUT2D eigenvalue weighted by Gasteiger charge is -2.20. The molecule has 0 aliphatic rings. The van der Waals surface area contributed by atoms with Crippen molar-refractivity contribution in [2.45, 2.75) is 12.8 Å². The predicted molar refractivity (Wildman–Crippen MR) is 104 cm³/mol. The van der Waals surface area contributed by atoms with Gasteiger partial charge in [0.1, 0.15) is 0 Å². The molecule has 0 saturated carbocycles. The van der Waals surface area contributed by atoms with Crippen LogP contribution in [0.5, 0.6) is 0 Å². The summed E-state index contributed by atoms with van der Waals surface area (Å²) >= 11 is 0. The third-order valence-electron chi connectivity index (χ3n) is 3.78. The third kappa shape index (κ3) is 16.6. The molecule has 0 spiro atoms. The van der Waals surface area contributed by atoms with E-state index in [1.54, 1.807) is 0 Å². The quantitative estimate of drug-likeness (QED) is 0.133. The molecule has 0 unspecified atom stereocenters. The Morgan fingerprint density at radius 2 is 1.65 bits per heavy atom. The highest BCUT2D eigenvalue weighted by Gasteiger charge is 2.07. The Balaban J connectivity index is 3.62. The van der Waals surface area contributed by atoms with Crippen LogP contribution in [-0.4, -0.2) is 107 Å². The minimum absolute atomic E-state index is 0.0235. The molecule has 156 valence electrons. The van der Waals surface area contributed by atoms with Gasteiger partial charge in [-0.1, -0.05) is 0 Å². The summed E-state index contributed by atoms with van der Waals surface area (Å²) in [6.07, 6.45) is 0.763. The summed E-state index contributed by atoms with van der Waals surface area (Å²) in [6.45, 7) is 6.75. The second-order valence-electron chi connectivity index (χ2n) is 6.21. The monoisotopic (exact) mass is 396 g/mol. The van der Waals surface area contributed by atoms with E-state index in [2.05, 4.69) is 15.5 Å². The Bertz CT molecular complexity index is 457. The fourth-order valence-electron chi connectivity index (χ4n) is 2.37. The molecule has 0 aromatic rings. The molecule has 0 atom stereocenters. The molecular weight excluding hydrogens is 360 g/mol. The Hall–Kier alpha value is -0.820. The van der Waals surface area contributed by atoms with E-state index in [9.17, 15) is 13.2 Å². The minimum Gasteiger partial charge on any atom is -0.355 e. The van der Waals surface area contributed by atoms with Gasteiger partial charge in [0.15, 0.2) is 0 Å². The van der Waals surface area contributed by atoms with E-state index in [-0.39, 0.29) is 11.7 Å². The number of hydrogen-bond acceptors (Lipinski definition) is 8. The largest absolute Gasteiger partial charge is 0.355 e. The number of carbonyl (C=O) groups excluding carboxylic acids is 1. The molecule has 10 nitrogen and oxygen atoms in total. The van der Waals surface area contributed by atoms with E-state index < -0.39 is 10.1 Å². The van der Waals surface area contributed by atoms with Crippen molar-refractivity contribution in [1.29, 1.82) is 0 Å². The second-order valence-corrected chi connectivity index (χ2v) is 7.78. The highest BCUT2D eigenvalue weighted by Crippen LogP contribution is 1.92. The number of hydrogen-bond donors (Lipinski definition) is 5. The molecule has 7 N–H and O–H groups in total. The molecule has 0 bridgehead atoms. The fraction of sp³-hybridized carbons (Fsp3) is 0.933. The number of amides is 1. The van der Waals surface area contributed by atoms with E-state index in [0.29, 0.717) is 52.1 Å². The molecule has 0 aromatic heterocycles. The molecule has 0 radical (unpaired) electrons. The summed E-state index contributed by atoms with van der Waals surface area (Å²) in [5.74, 6) is -0.270. The first-order valence-electron chi connectivity index (χ1n) is 9.02. The van der Waals surface area contributed by atoms with Crippen LogP contribution in [0.25, 0.3) is 0 Å². The molecule has 0 heterocycles. The summed E-state index contributed by atoms with van der Waals surface area (Å²) in [7, 11) is -2.06. The summed E-state index contributed by atoms with van der Waals surface area (Å²) in [5.41, 5.74) is 11.1. The predicted octanol–water partition coefficient (Wildman–Crippen LogP) is -2.49. The van der Waals surface area contributed by atoms with Gasteiger partial charge in [-0.05, 0) is 20.0 Å². The van der Waals surface area contributed by atoms with Crippen LogP contribution in [0.15, 0.2) is 0 Å². The Labute approximate surface area is 157 Å². The first-order chi connectivity index (χ1) is 12.3. The van der Waals surface area contributed by atoms with Crippen LogP contribution < -0.4 is 22.1 Å². The SMILES string of the molecule is CN(CCCS(=O)(=O)O)CCNC(=O)CCNCCN(CCN)CCN. The zero-order valence-electron chi connectivity index (χ0n) is 15.8. The number of rotatable bonds is 17. The minimum atomic E-state index is -3.90. The van der Waals surface area contributed by atoms with Crippen molar-refractivity contribution in [3.8, 4) is 0 Å². The number of nitrogens with two attached hydrogens (primary N) is 2. The lowest BCUT2D eigenvalue weighted by molar-refractivity contribution is -0.121. The topological polar surface area (TPSA) is 154 Å². The molecule has 0 rings (SSSR count). The van der Waals surface area contributed by atoms with Crippen molar-refractivity contribution in [2.75, 3.05) is 78.2 Å². The van der Waals surface area contributed by atoms with Crippen molar-refractivity contribution >= 4 is 16.0 Å². The van der Waals surface area contributed by atoms with Gasteiger partial charge in [0.2, 0.25) is 5.91 Å². The van der Waals surface area contributed by atoms with Gasteiger partial charge in [0, 0.05) is 65.3 Å². The van der Waals surface area contributed by atoms with Crippen molar-refractivity contribution < 1.29 is 17.8 Å². The van der Waals surface area contributed by atoms with Crippen molar-refractivity contribution in [3.63, 3.8) is 0 Å². The number of nitrogens with zero attached hydrogens (tertiary/aromatic N) is 2. The lowest BCUT2D eigenvalue weighted by Crippen LogP contribution is -2.39. The van der Waals surface area contributed by atoms with Gasteiger partial charge in [-0.3, -0.25) is 14.2 Å². The van der Waals surface area contributed by atoms with Crippen LogP contribution in [0.3, 0.4) is 0 Å². The van der Waals surface area contributed by atoms with E-state index in [1.807, 2.05) is 11.9 Å². The number of carbonyl (C=O) groups is 1. The summed E-state index contributed by atoms with van der Waals surface area (Å²) in [6, 6.07) is 0. The Morgan fingerprint density at radius 3 is 2.23 bits per heavy atom. The maximum atomic E-state index is 11.7. The van der Waals surface area contributed by atoms with Gasteiger partial charge in [-0.15, -0.1) is 0 Å². The molecule has 26 heavy (non-hydrogen) atoms. The van der Waals surface area contributed by atoms with Crippen LogP contribution in [0, 0.1) is 0 Å². The Morgan fingerprint density at radius 1 is 1.00 bits per heavy atom. The highest BCUT2D eigenvalue weighted by molar-refractivity contribution is 7.85. The average Bonchev–Trinajstić information content (AvgIpc) is 2.53. The van der Waals surface area contributed by atoms with Gasteiger partial charge in [-0.25, -0.2) is 0 Å². The molecule has 0 aromatic carbocycles.